The maximum absolute atomic E-state index is 11.8. The highest BCUT2D eigenvalue weighted by Gasteiger charge is 2.16. The van der Waals surface area contributed by atoms with Gasteiger partial charge < -0.3 is 4.57 Å². The van der Waals surface area contributed by atoms with Crippen molar-refractivity contribution in [2.24, 2.45) is 0 Å². The molecule has 1 N–H and O–H groups in total. The van der Waals surface area contributed by atoms with E-state index in [9.17, 15) is 9.59 Å². The van der Waals surface area contributed by atoms with Gasteiger partial charge in [0.2, 0.25) is 0 Å². The monoisotopic (exact) mass is 236 g/mol. The fourth-order valence-corrected chi connectivity index (χ4v) is 1.93. The van der Waals surface area contributed by atoms with Crippen LogP contribution in [0.1, 0.15) is 39.8 Å². The summed E-state index contributed by atoms with van der Waals surface area (Å²) in [5.41, 5.74) is 0.107. The number of H-pyrrole nitrogens is 1. The van der Waals surface area contributed by atoms with Gasteiger partial charge in [-0.2, -0.15) is 0 Å². The van der Waals surface area contributed by atoms with Crippen LogP contribution in [0.25, 0.3) is 11.2 Å². The third kappa shape index (κ3) is 1.69. The summed E-state index contributed by atoms with van der Waals surface area (Å²) in [6.07, 6.45) is 1.60. The number of imidazole rings is 1. The lowest BCUT2D eigenvalue weighted by atomic mass is 10.3. The van der Waals surface area contributed by atoms with Gasteiger partial charge in [0.1, 0.15) is 0 Å². The van der Waals surface area contributed by atoms with E-state index in [-0.39, 0.29) is 17.6 Å². The van der Waals surface area contributed by atoms with Crippen LogP contribution in [0.5, 0.6) is 0 Å². The Hall–Kier alpha value is -1.85. The van der Waals surface area contributed by atoms with E-state index in [1.807, 2.05) is 27.7 Å². The number of aromatic amines is 1. The predicted octanol–water partition coefficient (Wildman–Crippen LogP) is 1.05. The molecule has 2 aromatic rings. The van der Waals surface area contributed by atoms with Crippen LogP contribution >= 0.6 is 0 Å². The number of hydrogen-bond donors (Lipinski definition) is 1. The first-order valence-corrected chi connectivity index (χ1v) is 5.64. The van der Waals surface area contributed by atoms with Gasteiger partial charge >= 0.3 is 5.69 Å². The second-order valence-electron chi connectivity index (χ2n) is 4.64. The summed E-state index contributed by atoms with van der Waals surface area (Å²) in [6, 6.07) is 0.0802. The van der Waals surface area contributed by atoms with Gasteiger partial charge in [0, 0.05) is 12.1 Å². The first kappa shape index (κ1) is 11.6. The molecule has 0 atom stereocenters. The largest absolute Gasteiger partial charge is 0.330 e. The van der Waals surface area contributed by atoms with Gasteiger partial charge in [0.05, 0.1) is 6.33 Å². The minimum absolute atomic E-state index is 0.0441. The molecule has 2 heterocycles. The van der Waals surface area contributed by atoms with Gasteiger partial charge in [0.25, 0.3) is 5.56 Å². The average molecular weight is 236 g/mol. The number of hydrogen-bond acceptors (Lipinski definition) is 3. The predicted molar refractivity (Wildman–Crippen MR) is 65.4 cm³/mol. The van der Waals surface area contributed by atoms with E-state index in [1.165, 1.54) is 4.57 Å². The second kappa shape index (κ2) is 3.87. The van der Waals surface area contributed by atoms with Crippen molar-refractivity contribution in [1.82, 2.24) is 19.1 Å². The van der Waals surface area contributed by atoms with Crippen LogP contribution in [-0.2, 0) is 0 Å². The van der Waals surface area contributed by atoms with Crippen molar-refractivity contribution in [2.45, 2.75) is 39.8 Å². The van der Waals surface area contributed by atoms with Crippen LogP contribution in [0.2, 0.25) is 0 Å². The van der Waals surface area contributed by atoms with E-state index < -0.39 is 5.69 Å². The molecule has 0 aliphatic heterocycles. The molecule has 0 bridgehead atoms. The molecule has 0 aliphatic carbocycles. The van der Waals surface area contributed by atoms with E-state index in [4.69, 9.17) is 0 Å². The zero-order chi connectivity index (χ0) is 12.7. The van der Waals surface area contributed by atoms with Crippen molar-refractivity contribution < 1.29 is 0 Å². The number of nitrogens with zero attached hydrogens (tertiary/aromatic N) is 3. The molecule has 2 rings (SSSR count). The van der Waals surface area contributed by atoms with E-state index in [0.29, 0.717) is 11.2 Å². The Morgan fingerprint density at radius 3 is 2.35 bits per heavy atom. The van der Waals surface area contributed by atoms with Gasteiger partial charge in [-0.25, -0.2) is 9.78 Å². The molecule has 0 radical (unpaired) electrons. The molecule has 2 aromatic heterocycles. The Balaban J connectivity index is 2.96. The number of aromatic nitrogens is 4. The van der Waals surface area contributed by atoms with Crippen molar-refractivity contribution in [3.05, 3.63) is 27.2 Å². The van der Waals surface area contributed by atoms with Gasteiger partial charge in [0.15, 0.2) is 11.2 Å². The standard InChI is InChI=1S/C11H16N4O2/c1-6(2)14-5-12-9-8(14)10(16)13-11(17)15(9)7(3)4/h5-7H,1-4H3,(H,13,16,17). The lowest BCUT2D eigenvalue weighted by molar-refractivity contribution is 0.577. The van der Waals surface area contributed by atoms with Crippen molar-refractivity contribution in [1.29, 1.82) is 0 Å². The van der Waals surface area contributed by atoms with Gasteiger partial charge in [-0.3, -0.25) is 14.3 Å². The zero-order valence-corrected chi connectivity index (χ0v) is 10.4. The second-order valence-corrected chi connectivity index (χ2v) is 4.64. The van der Waals surface area contributed by atoms with Crippen LogP contribution in [-0.4, -0.2) is 19.1 Å². The van der Waals surface area contributed by atoms with Crippen molar-refractivity contribution in [3.8, 4) is 0 Å². The first-order chi connectivity index (χ1) is 7.93. The maximum Gasteiger partial charge on any atom is 0.330 e. The van der Waals surface area contributed by atoms with Crippen LogP contribution in [0, 0.1) is 0 Å². The highest BCUT2D eigenvalue weighted by molar-refractivity contribution is 5.70. The summed E-state index contributed by atoms with van der Waals surface area (Å²) >= 11 is 0. The highest BCUT2D eigenvalue weighted by atomic mass is 16.2. The molecule has 0 spiro atoms. The first-order valence-electron chi connectivity index (χ1n) is 5.64. The fourth-order valence-electron chi connectivity index (χ4n) is 1.93. The van der Waals surface area contributed by atoms with Gasteiger partial charge in [-0.15, -0.1) is 0 Å². The molecule has 0 fully saturated rings. The fraction of sp³-hybridized carbons (Fsp3) is 0.545. The van der Waals surface area contributed by atoms with Crippen LogP contribution in [0.15, 0.2) is 15.9 Å². The molecular weight excluding hydrogens is 220 g/mol. The Kier molecular flexibility index (Phi) is 2.65. The van der Waals surface area contributed by atoms with Crippen LogP contribution < -0.4 is 11.2 Å². The summed E-state index contributed by atoms with van der Waals surface area (Å²) in [6.45, 7) is 7.69. The average Bonchev–Trinajstić information content (AvgIpc) is 2.61. The highest BCUT2D eigenvalue weighted by Crippen LogP contribution is 2.14. The molecule has 6 heteroatoms. The molecule has 0 aliphatic rings. The molecule has 0 unspecified atom stereocenters. The van der Waals surface area contributed by atoms with Crippen molar-refractivity contribution in [2.75, 3.05) is 0 Å². The van der Waals surface area contributed by atoms with Gasteiger partial charge in [-0.1, -0.05) is 0 Å². The Morgan fingerprint density at radius 2 is 1.82 bits per heavy atom. The lowest BCUT2D eigenvalue weighted by Crippen LogP contribution is -2.32. The number of fused-ring (bicyclic) bond motifs is 1. The Bertz CT molecular complexity index is 660. The summed E-state index contributed by atoms with van der Waals surface area (Å²) in [7, 11) is 0. The van der Waals surface area contributed by atoms with E-state index >= 15 is 0 Å². The van der Waals surface area contributed by atoms with Gasteiger partial charge in [-0.05, 0) is 27.7 Å². The summed E-state index contributed by atoms with van der Waals surface area (Å²) in [5.74, 6) is 0. The van der Waals surface area contributed by atoms with Crippen molar-refractivity contribution in [3.63, 3.8) is 0 Å². The lowest BCUT2D eigenvalue weighted by Gasteiger charge is -2.11. The van der Waals surface area contributed by atoms with Crippen LogP contribution in [0.4, 0.5) is 0 Å². The minimum Gasteiger partial charge on any atom is -0.322 e. The van der Waals surface area contributed by atoms with E-state index in [2.05, 4.69) is 9.97 Å². The Morgan fingerprint density at radius 1 is 1.18 bits per heavy atom. The Labute approximate surface area is 97.9 Å². The molecule has 0 aromatic carbocycles. The minimum atomic E-state index is -0.411. The third-order valence-corrected chi connectivity index (χ3v) is 2.73. The molecular formula is C11H16N4O2. The smallest absolute Gasteiger partial charge is 0.322 e. The SMILES string of the molecule is CC(C)n1cnc2c1c(=O)[nH]c(=O)n2C(C)C. The molecule has 92 valence electrons. The van der Waals surface area contributed by atoms with Crippen LogP contribution in [0.3, 0.4) is 0 Å². The molecule has 0 saturated carbocycles. The summed E-state index contributed by atoms with van der Waals surface area (Å²) in [5, 5.41) is 0. The normalized spacial score (nSPS) is 11.9. The van der Waals surface area contributed by atoms with E-state index in [0.717, 1.165) is 0 Å². The zero-order valence-electron chi connectivity index (χ0n) is 10.4. The molecule has 0 saturated heterocycles. The van der Waals surface area contributed by atoms with E-state index in [1.54, 1.807) is 10.9 Å². The van der Waals surface area contributed by atoms with Crippen molar-refractivity contribution >= 4 is 11.2 Å². The molecule has 6 nitrogen and oxygen atoms in total. The molecule has 17 heavy (non-hydrogen) atoms. The topological polar surface area (TPSA) is 72.7 Å². The maximum atomic E-state index is 11.8. The summed E-state index contributed by atoms with van der Waals surface area (Å²) in [4.78, 5) is 30.1. The third-order valence-electron chi connectivity index (χ3n) is 2.73. The quantitative estimate of drug-likeness (QED) is 0.847. The number of rotatable bonds is 2. The summed E-state index contributed by atoms with van der Waals surface area (Å²) < 4.78 is 3.27. The molecule has 0 amide bonds. The number of nitrogens with one attached hydrogen (secondary N) is 1.